The molecule has 0 aliphatic carbocycles. The summed E-state index contributed by atoms with van der Waals surface area (Å²) in [4.78, 5) is 16.6. The first-order valence-electron chi connectivity index (χ1n) is 7.48. The topological polar surface area (TPSA) is 59.9 Å². The van der Waals surface area contributed by atoms with Crippen molar-refractivity contribution in [3.8, 4) is 5.75 Å². The molecule has 0 aliphatic rings. The number of oxime groups is 1. The number of ether oxygens (including phenoxy) is 1. The van der Waals surface area contributed by atoms with Crippen molar-refractivity contribution in [1.82, 2.24) is 5.32 Å². The summed E-state index contributed by atoms with van der Waals surface area (Å²) in [5, 5.41) is 7.19. The maximum atomic E-state index is 11.6. The molecule has 2 aromatic rings. The Morgan fingerprint density at radius 2 is 1.88 bits per heavy atom. The van der Waals surface area contributed by atoms with Crippen LogP contribution in [0, 0.1) is 0 Å². The number of nitrogens with one attached hydrogen (secondary N) is 1. The molecule has 126 valence electrons. The first-order chi connectivity index (χ1) is 11.7. The van der Waals surface area contributed by atoms with Gasteiger partial charge < -0.3 is 14.9 Å². The molecule has 0 saturated carbocycles. The Labute approximate surface area is 146 Å². The fourth-order valence-corrected chi connectivity index (χ4v) is 2.06. The van der Waals surface area contributed by atoms with Gasteiger partial charge in [-0.25, -0.2) is 0 Å². The zero-order chi connectivity index (χ0) is 17.2. The second-order valence-corrected chi connectivity index (χ2v) is 5.44. The van der Waals surface area contributed by atoms with Gasteiger partial charge in [-0.2, -0.15) is 0 Å². The highest BCUT2D eigenvalue weighted by atomic mass is 35.5. The average Bonchev–Trinajstić information content (AvgIpc) is 2.61. The molecule has 0 heterocycles. The van der Waals surface area contributed by atoms with Gasteiger partial charge >= 0.3 is 0 Å². The number of rotatable bonds is 8. The third kappa shape index (κ3) is 6.30. The van der Waals surface area contributed by atoms with E-state index in [1.54, 1.807) is 19.2 Å². The molecule has 0 aliphatic heterocycles. The van der Waals surface area contributed by atoms with Crippen LogP contribution in [0.2, 0.25) is 5.02 Å². The number of benzene rings is 2. The third-order valence-corrected chi connectivity index (χ3v) is 3.49. The highest BCUT2D eigenvalue weighted by Gasteiger charge is 2.01. The van der Waals surface area contributed by atoms with Crippen molar-refractivity contribution >= 4 is 23.7 Å². The minimum absolute atomic E-state index is 0.118. The van der Waals surface area contributed by atoms with E-state index in [9.17, 15) is 4.79 Å². The monoisotopic (exact) mass is 346 g/mol. The van der Waals surface area contributed by atoms with Crippen LogP contribution >= 0.6 is 11.6 Å². The molecule has 5 nitrogen and oxygen atoms in total. The summed E-state index contributed by atoms with van der Waals surface area (Å²) in [6, 6.07) is 14.9. The predicted octanol–water partition coefficient (Wildman–Crippen LogP) is 3.06. The maximum absolute atomic E-state index is 11.6. The molecule has 6 heteroatoms. The van der Waals surface area contributed by atoms with E-state index in [1.165, 1.54) is 6.21 Å². The Kier molecular flexibility index (Phi) is 7.11. The lowest BCUT2D eigenvalue weighted by Gasteiger charge is -2.05. The lowest BCUT2D eigenvalue weighted by molar-refractivity contribution is -0.125. The predicted molar refractivity (Wildman–Crippen MR) is 94.7 cm³/mol. The fraction of sp³-hybridized carbons (Fsp3) is 0.222. The van der Waals surface area contributed by atoms with Gasteiger partial charge in [-0.1, -0.05) is 41.0 Å². The molecule has 0 fully saturated rings. The zero-order valence-electron chi connectivity index (χ0n) is 13.4. The molecule has 1 amide bonds. The second-order valence-electron chi connectivity index (χ2n) is 5.01. The van der Waals surface area contributed by atoms with Crippen molar-refractivity contribution in [3.63, 3.8) is 0 Å². The summed E-state index contributed by atoms with van der Waals surface area (Å²) in [5.41, 5.74) is 1.97. The van der Waals surface area contributed by atoms with E-state index in [0.29, 0.717) is 11.6 Å². The van der Waals surface area contributed by atoms with Crippen LogP contribution in [0.3, 0.4) is 0 Å². The Morgan fingerprint density at radius 3 is 2.54 bits per heavy atom. The fourth-order valence-electron chi connectivity index (χ4n) is 1.93. The summed E-state index contributed by atoms with van der Waals surface area (Å²) in [6.45, 7) is 0.419. The van der Waals surface area contributed by atoms with Crippen molar-refractivity contribution < 1.29 is 14.4 Å². The summed E-state index contributed by atoms with van der Waals surface area (Å²) >= 11 is 5.79. The number of carbonyl (C=O) groups excluding carboxylic acids is 1. The van der Waals surface area contributed by atoms with E-state index in [-0.39, 0.29) is 12.5 Å². The lowest BCUT2D eigenvalue weighted by atomic mass is 10.1. The smallest absolute Gasteiger partial charge is 0.260 e. The van der Waals surface area contributed by atoms with Gasteiger partial charge in [-0.15, -0.1) is 0 Å². The van der Waals surface area contributed by atoms with E-state index >= 15 is 0 Å². The number of hydrogen-bond donors (Lipinski definition) is 1. The Hall–Kier alpha value is -2.53. The average molecular weight is 347 g/mol. The molecule has 0 aromatic heterocycles. The molecule has 24 heavy (non-hydrogen) atoms. The van der Waals surface area contributed by atoms with Crippen LogP contribution in [0.1, 0.15) is 11.1 Å². The van der Waals surface area contributed by atoms with Crippen LogP contribution in [0.15, 0.2) is 53.7 Å². The van der Waals surface area contributed by atoms with Crippen LogP contribution in [0.25, 0.3) is 0 Å². The second kappa shape index (κ2) is 9.57. The molecule has 2 rings (SSSR count). The van der Waals surface area contributed by atoms with Crippen molar-refractivity contribution in [2.45, 2.75) is 6.42 Å². The SMILES string of the molecule is COc1ccc(CCNC(=O)CO/N=C\c2ccc(Cl)cc2)cc1. The summed E-state index contributed by atoms with van der Waals surface area (Å²) < 4.78 is 5.10. The summed E-state index contributed by atoms with van der Waals surface area (Å²) in [7, 11) is 1.63. The van der Waals surface area contributed by atoms with E-state index < -0.39 is 0 Å². The van der Waals surface area contributed by atoms with Gasteiger partial charge in [0.2, 0.25) is 0 Å². The number of halogens is 1. The van der Waals surface area contributed by atoms with Gasteiger partial charge in [0.15, 0.2) is 6.61 Å². The Bertz CT molecular complexity index is 670. The van der Waals surface area contributed by atoms with Gasteiger partial charge in [0.05, 0.1) is 13.3 Å². The van der Waals surface area contributed by atoms with Gasteiger partial charge in [0.25, 0.3) is 5.91 Å². The molecule has 2 aromatic carbocycles. The van der Waals surface area contributed by atoms with Gasteiger partial charge in [0.1, 0.15) is 5.75 Å². The quantitative estimate of drug-likeness (QED) is 0.590. The number of nitrogens with zero attached hydrogens (tertiary/aromatic N) is 1. The Balaban J connectivity index is 1.63. The molecular formula is C18H19ClN2O3. The standard InChI is InChI=1S/C18H19ClN2O3/c1-23-17-8-4-14(5-9-17)10-11-20-18(22)13-24-21-12-15-2-6-16(19)7-3-15/h2-9,12H,10-11,13H2,1H3,(H,20,22)/b21-12-. The minimum atomic E-state index is -0.211. The molecule has 0 atom stereocenters. The summed E-state index contributed by atoms with van der Waals surface area (Å²) in [6.07, 6.45) is 2.27. The van der Waals surface area contributed by atoms with E-state index in [4.69, 9.17) is 21.2 Å². The van der Waals surface area contributed by atoms with E-state index in [2.05, 4.69) is 10.5 Å². The highest BCUT2D eigenvalue weighted by molar-refractivity contribution is 6.30. The highest BCUT2D eigenvalue weighted by Crippen LogP contribution is 2.11. The molecule has 0 spiro atoms. The Morgan fingerprint density at radius 1 is 1.17 bits per heavy atom. The minimum Gasteiger partial charge on any atom is -0.497 e. The number of methoxy groups -OCH3 is 1. The largest absolute Gasteiger partial charge is 0.497 e. The van der Waals surface area contributed by atoms with Crippen molar-refractivity contribution in [3.05, 3.63) is 64.7 Å². The maximum Gasteiger partial charge on any atom is 0.260 e. The van der Waals surface area contributed by atoms with Crippen LogP contribution < -0.4 is 10.1 Å². The normalized spacial score (nSPS) is 10.6. The molecule has 0 saturated heterocycles. The van der Waals surface area contributed by atoms with Gasteiger partial charge in [0, 0.05) is 11.6 Å². The van der Waals surface area contributed by atoms with Crippen LogP contribution in [0.5, 0.6) is 5.75 Å². The first-order valence-corrected chi connectivity index (χ1v) is 7.85. The van der Waals surface area contributed by atoms with Crippen LogP contribution in [0.4, 0.5) is 0 Å². The van der Waals surface area contributed by atoms with E-state index in [1.807, 2.05) is 36.4 Å². The van der Waals surface area contributed by atoms with E-state index in [0.717, 1.165) is 23.3 Å². The van der Waals surface area contributed by atoms with Crippen molar-refractivity contribution in [2.24, 2.45) is 5.16 Å². The third-order valence-electron chi connectivity index (χ3n) is 3.24. The molecule has 0 unspecified atom stereocenters. The molecular weight excluding hydrogens is 328 g/mol. The molecule has 1 N–H and O–H groups in total. The molecule has 0 radical (unpaired) electrons. The summed E-state index contributed by atoms with van der Waals surface area (Å²) in [5.74, 6) is 0.603. The lowest BCUT2D eigenvalue weighted by Crippen LogP contribution is -2.28. The first kappa shape index (κ1) is 17.8. The van der Waals surface area contributed by atoms with Gasteiger partial charge in [-0.3, -0.25) is 4.79 Å². The zero-order valence-corrected chi connectivity index (χ0v) is 14.1. The molecule has 0 bridgehead atoms. The number of carbonyl (C=O) groups is 1. The number of hydrogen-bond acceptors (Lipinski definition) is 4. The van der Waals surface area contributed by atoms with Crippen LogP contribution in [-0.4, -0.2) is 32.4 Å². The van der Waals surface area contributed by atoms with Crippen molar-refractivity contribution in [2.75, 3.05) is 20.3 Å². The van der Waals surface area contributed by atoms with Gasteiger partial charge in [-0.05, 0) is 41.8 Å². The number of amides is 1. The van der Waals surface area contributed by atoms with Crippen molar-refractivity contribution in [1.29, 1.82) is 0 Å². The van der Waals surface area contributed by atoms with Crippen LogP contribution in [-0.2, 0) is 16.1 Å².